The summed E-state index contributed by atoms with van der Waals surface area (Å²) < 4.78 is 0. The molecule has 0 saturated heterocycles. The Bertz CT molecular complexity index is 644. The Balaban J connectivity index is 0.00000161. The molecule has 0 radical (unpaired) electrons. The molecule has 1 aromatic carbocycles. The van der Waals surface area contributed by atoms with Crippen molar-refractivity contribution in [3.8, 4) is 0 Å². The molecule has 3 nitrogen and oxygen atoms in total. The number of rotatable bonds is 3. The molecule has 0 amide bonds. The van der Waals surface area contributed by atoms with Gasteiger partial charge < -0.3 is 5.11 Å². The van der Waals surface area contributed by atoms with Gasteiger partial charge in [0, 0.05) is 23.0 Å². The third kappa shape index (κ3) is 3.24. The molecule has 1 aliphatic heterocycles. The third-order valence-corrected chi connectivity index (χ3v) is 5.00. The topological polar surface area (TPSA) is 40.5 Å². The Kier molecular flexibility index (Phi) is 5.27. The molecule has 0 unspecified atom stereocenters. The van der Waals surface area contributed by atoms with Crippen LogP contribution in [0.4, 0.5) is 0 Å². The standard InChI is InChI=1S/C15H14ClNO2S.ClH/c16-12-4-2-1-3-11(12)14(15(18)19)17-7-5-13-10(9-17)6-8-20-13;/h1-4,6,8,14H,5,7,9H2,(H,18,19);1H/t14-;/m0./s1. The predicted octanol–water partition coefficient (Wildman–Crippen LogP) is 4.01. The number of fused-ring (bicyclic) bond motifs is 1. The molecule has 1 aromatic heterocycles. The Morgan fingerprint density at radius 3 is 2.81 bits per heavy atom. The van der Waals surface area contributed by atoms with Crippen LogP contribution in [0.2, 0.25) is 5.02 Å². The Morgan fingerprint density at radius 1 is 1.33 bits per heavy atom. The van der Waals surface area contributed by atoms with Crippen molar-refractivity contribution in [1.82, 2.24) is 4.90 Å². The number of hydrogen-bond donors (Lipinski definition) is 1. The lowest BCUT2D eigenvalue weighted by Gasteiger charge is -2.32. The van der Waals surface area contributed by atoms with Crippen molar-refractivity contribution >= 4 is 41.3 Å². The zero-order valence-electron chi connectivity index (χ0n) is 11.2. The number of carbonyl (C=O) groups is 1. The maximum Gasteiger partial charge on any atom is 0.325 e. The van der Waals surface area contributed by atoms with Gasteiger partial charge in [0.25, 0.3) is 0 Å². The van der Waals surface area contributed by atoms with Crippen LogP contribution in [0, 0.1) is 0 Å². The van der Waals surface area contributed by atoms with Crippen LogP contribution < -0.4 is 0 Å². The van der Waals surface area contributed by atoms with E-state index >= 15 is 0 Å². The molecule has 0 bridgehead atoms. The summed E-state index contributed by atoms with van der Waals surface area (Å²) in [6.45, 7) is 1.41. The highest BCUT2D eigenvalue weighted by Crippen LogP contribution is 2.33. The first-order valence-corrected chi connectivity index (χ1v) is 7.69. The summed E-state index contributed by atoms with van der Waals surface area (Å²) in [6, 6.07) is 8.58. The van der Waals surface area contributed by atoms with E-state index in [4.69, 9.17) is 11.6 Å². The van der Waals surface area contributed by atoms with Crippen LogP contribution in [-0.2, 0) is 17.8 Å². The minimum atomic E-state index is -0.850. The van der Waals surface area contributed by atoms with Crippen molar-refractivity contribution in [3.05, 3.63) is 56.7 Å². The van der Waals surface area contributed by atoms with Gasteiger partial charge in [-0.25, -0.2) is 0 Å². The highest BCUT2D eigenvalue weighted by Gasteiger charge is 2.31. The molecule has 3 rings (SSSR count). The van der Waals surface area contributed by atoms with Crippen LogP contribution in [0.25, 0.3) is 0 Å². The average molecular weight is 344 g/mol. The van der Waals surface area contributed by atoms with Gasteiger partial charge in [0.2, 0.25) is 0 Å². The van der Waals surface area contributed by atoms with Crippen LogP contribution in [0.5, 0.6) is 0 Å². The monoisotopic (exact) mass is 343 g/mol. The summed E-state index contributed by atoms with van der Waals surface area (Å²) in [5.74, 6) is -0.850. The minimum Gasteiger partial charge on any atom is -0.480 e. The summed E-state index contributed by atoms with van der Waals surface area (Å²) in [5, 5.41) is 12.2. The van der Waals surface area contributed by atoms with Gasteiger partial charge >= 0.3 is 5.97 Å². The molecule has 1 atom stereocenters. The molecule has 0 fully saturated rings. The van der Waals surface area contributed by atoms with E-state index in [1.54, 1.807) is 23.5 Å². The van der Waals surface area contributed by atoms with Gasteiger partial charge in [0.05, 0.1) is 0 Å². The van der Waals surface area contributed by atoms with E-state index < -0.39 is 12.0 Å². The van der Waals surface area contributed by atoms with E-state index in [0.717, 1.165) is 13.0 Å². The molecule has 1 N–H and O–H groups in total. The van der Waals surface area contributed by atoms with Crippen molar-refractivity contribution in [1.29, 1.82) is 0 Å². The zero-order valence-corrected chi connectivity index (χ0v) is 13.5. The fourth-order valence-electron chi connectivity index (χ4n) is 2.67. The minimum absolute atomic E-state index is 0. The van der Waals surface area contributed by atoms with E-state index in [1.807, 2.05) is 17.0 Å². The third-order valence-electron chi connectivity index (χ3n) is 3.64. The molecule has 0 saturated carbocycles. The van der Waals surface area contributed by atoms with Crippen molar-refractivity contribution in [3.63, 3.8) is 0 Å². The van der Waals surface area contributed by atoms with E-state index in [-0.39, 0.29) is 12.4 Å². The van der Waals surface area contributed by atoms with Crippen molar-refractivity contribution in [2.45, 2.75) is 19.0 Å². The average Bonchev–Trinajstić information content (AvgIpc) is 2.88. The number of halogens is 2. The number of nitrogens with zero attached hydrogens (tertiary/aromatic N) is 1. The Morgan fingerprint density at radius 2 is 2.10 bits per heavy atom. The van der Waals surface area contributed by atoms with Gasteiger partial charge in [0.1, 0.15) is 6.04 Å². The Hall–Kier alpha value is -1.07. The second-order valence-electron chi connectivity index (χ2n) is 4.85. The maximum atomic E-state index is 11.7. The SMILES string of the molecule is Cl.O=C(O)[C@H](c1ccccc1Cl)N1CCc2sccc2C1. The summed E-state index contributed by atoms with van der Waals surface area (Å²) in [4.78, 5) is 15.1. The van der Waals surface area contributed by atoms with Crippen LogP contribution in [0.1, 0.15) is 22.0 Å². The second kappa shape index (κ2) is 6.79. The van der Waals surface area contributed by atoms with Gasteiger partial charge in [-0.15, -0.1) is 23.7 Å². The van der Waals surface area contributed by atoms with Crippen LogP contribution >= 0.6 is 35.3 Å². The van der Waals surface area contributed by atoms with Crippen LogP contribution in [0.15, 0.2) is 35.7 Å². The summed E-state index contributed by atoms with van der Waals surface area (Å²) in [6.07, 6.45) is 0.904. The lowest BCUT2D eigenvalue weighted by Crippen LogP contribution is -2.37. The highest BCUT2D eigenvalue weighted by atomic mass is 35.5. The fraction of sp³-hybridized carbons (Fsp3) is 0.267. The molecule has 2 heterocycles. The quantitative estimate of drug-likeness (QED) is 0.915. The van der Waals surface area contributed by atoms with Gasteiger partial charge in [0.15, 0.2) is 0 Å². The summed E-state index contributed by atoms with van der Waals surface area (Å²) >= 11 is 7.92. The van der Waals surface area contributed by atoms with Crippen molar-refractivity contribution in [2.24, 2.45) is 0 Å². The lowest BCUT2D eigenvalue weighted by molar-refractivity contribution is -0.144. The van der Waals surface area contributed by atoms with Gasteiger partial charge in [-0.1, -0.05) is 29.8 Å². The number of carboxylic acid groups (broad SMARTS) is 1. The summed E-state index contributed by atoms with van der Waals surface area (Å²) in [7, 11) is 0. The van der Waals surface area contributed by atoms with Gasteiger partial charge in [-0.3, -0.25) is 9.69 Å². The van der Waals surface area contributed by atoms with Crippen LogP contribution in [0.3, 0.4) is 0 Å². The van der Waals surface area contributed by atoms with E-state index in [1.165, 1.54) is 10.4 Å². The molecule has 112 valence electrons. The van der Waals surface area contributed by atoms with Crippen molar-refractivity contribution < 1.29 is 9.90 Å². The maximum absolute atomic E-state index is 11.7. The molecule has 6 heteroatoms. The first-order chi connectivity index (χ1) is 9.66. The predicted molar refractivity (Wildman–Crippen MR) is 87.5 cm³/mol. The normalized spacial score (nSPS) is 15.9. The van der Waals surface area contributed by atoms with E-state index in [9.17, 15) is 9.90 Å². The summed E-state index contributed by atoms with van der Waals surface area (Å²) in [5.41, 5.74) is 1.90. The largest absolute Gasteiger partial charge is 0.480 e. The molecule has 21 heavy (non-hydrogen) atoms. The first-order valence-electron chi connectivity index (χ1n) is 6.43. The smallest absolute Gasteiger partial charge is 0.325 e. The van der Waals surface area contributed by atoms with E-state index in [2.05, 4.69) is 11.4 Å². The molecule has 2 aromatic rings. The number of carboxylic acids is 1. The molecule has 0 spiro atoms. The number of aliphatic carboxylic acids is 1. The number of benzene rings is 1. The number of thiophene rings is 1. The second-order valence-corrected chi connectivity index (χ2v) is 6.26. The molecular weight excluding hydrogens is 329 g/mol. The van der Waals surface area contributed by atoms with Crippen molar-refractivity contribution in [2.75, 3.05) is 6.54 Å². The van der Waals surface area contributed by atoms with Gasteiger partial charge in [-0.2, -0.15) is 0 Å². The zero-order chi connectivity index (χ0) is 14.1. The molecule has 1 aliphatic rings. The highest BCUT2D eigenvalue weighted by molar-refractivity contribution is 7.10. The lowest BCUT2D eigenvalue weighted by atomic mass is 10.0. The van der Waals surface area contributed by atoms with E-state index in [0.29, 0.717) is 17.1 Å². The van der Waals surface area contributed by atoms with Crippen LogP contribution in [-0.4, -0.2) is 22.5 Å². The molecular formula is C15H15Cl2NO2S. The number of hydrogen-bond acceptors (Lipinski definition) is 3. The molecule has 0 aliphatic carbocycles. The van der Waals surface area contributed by atoms with Gasteiger partial charge in [-0.05, 0) is 35.1 Å². The first kappa shape index (κ1) is 16.3. The Labute approximate surface area is 138 Å². The fourth-order valence-corrected chi connectivity index (χ4v) is 3.80.